The van der Waals surface area contributed by atoms with Crippen molar-refractivity contribution in [3.05, 3.63) is 35.7 Å². The molecule has 2 aromatic rings. The van der Waals surface area contributed by atoms with E-state index in [0.717, 1.165) is 22.2 Å². The molecule has 0 saturated heterocycles. The fourth-order valence-electron chi connectivity index (χ4n) is 1.64. The lowest BCUT2D eigenvalue weighted by Crippen LogP contribution is -1.92. The molecule has 0 unspecified atom stereocenters. The van der Waals surface area contributed by atoms with Gasteiger partial charge < -0.3 is 4.74 Å². The molecule has 0 amide bonds. The number of benzene rings is 1. The van der Waals surface area contributed by atoms with E-state index in [1.165, 1.54) is 0 Å². The first-order valence-corrected chi connectivity index (χ1v) is 4.60. The van der Waals surface area contributed by atoms with Crippen molar-refractivity contribution in [3.63, 3.8) is 0 Å². The van der Waals surface area contributed by atoms with E-state index < -0.39 is 0 Å². The monoisotopic (exact) mass is 198 g/mol. The van der Waals surface area contributed by atoms with Crippen LogP contribution in [0.3, 0.4) is 0 Å². The van der Waals surface area contributed by atoms with Crippen LogP contribution < -0.4 is 4.74 Å². The summed E-state index contributed by atoms with van der Waals surface area (Å²) >= 11 is 0. The molecule has 0 fully saturated rings. The Morgan fingerprint density at radius 1 is 1.33 bits per heavy atom. The minimum absolute atomic E-state index is 0.448. The molecule has 0 spiro atoms. The first-order chi connectivity index (χ1) is 7.26. The van der Waals surface area contributed by atoms with Gasteiger partial charge in [0.05, 0.1) is 7.11 Å². The van der Waals surface area contributed by atoms with Crippen LogP contribution in [0.2, 0.25) is 0 Å². The van der Waals surface area contributed by atoms with Gasteiger partial charge in [-0.25, -0.2) is 4.98 Å². The smallest absolute Gasteiger partial charge is 0.148 e. The zero-order valence-corrected chi connectivity index (χ0v) is 8.61. The summed E-state index contributed by atoms with van der Waals surface area (Å²) in [5, 5.41) is 10.7. The second-order valence-corrected chi connectivity index (χ2v) is 3.28. The van der Waals surface area contributed by atoms with Gasteiger partial charge in [0.2, 0.25) is 0 Å². The van der Waals surface area contributed by atoms with Crippen LogP contribution in [0.4, 0.5) is 0 Å². The summed E-state index contributed by atoms with van der Waals surface area (Å²) in [6, 6.07) is 9.64. The quantitative estimate of drug-likeness (QED) is 0.706. The number of nitrogens with zero attached hydrogens (tertiary/aromatic N) is 2. The number of fused-ring (bicyclic) bond motifs is 1. The van der Waals surface area contributed by atoms with Crippen molar-refractivity contribution in [1.29, 1.82) is 5.26 Å². The van der Waals surface area contributed by atoms with Gasteiger partial charge in [0, 0.05) is 16.5 Å². The molecule has 0 aliphatic carbocycles. The molecule has 0 N–H and O–H groups in total. The Kier molecular flexibility index (Phi) is 2.26. The normalized spacial score (nSPS) is 9.93. The Labute approximate surface area is 87.9 Å². The predicted molar refractivity (Wildman–Crippen MR) is 57.7 cm³/mol. The third-order valence-corrected chi connectivity index (χ3v) is 2.29. The number of aromatic nitrogens is 1. The Hall–Kier alpha value is -2.08. The van der Waals surface area contributed by atoms with Crippen molar-refractivity contribution in [1.82, 2.24) is 4.98 Å². The van der Waals surface area contributed by atoms with Gasteiger partial charge in [-0.15, -0.1) is 0 Å². The van der Waals surface area contributed by atoms with Crippen molar-refractivity contribution in [3.8, 4) is 11.8 Å². The molecule has 1 aromatic heterocycles. The van der Waals surface area contributed by atoms with Crippen LogP contribution in [0, 0.1) is 18.3 Å². The van der Waals surface area contributed by atoms with Crippen molar-refractivity contribution in [2.45, 2.75) is 6.92 Å². The maximum absolute atomic E-state index is 8.97. The highest BCUT2D eigenvalue weighted by Crippen LogP contribution is 2.27. The average molecular weight is 198 g/mol. The zero-order valence-electron chi connectivity index (χ0n) is 8.61. The molecule has 0 radical (unpaired) electrons. The Morgan fingerprint density at radius 3 is 2.80 bits per heavy atom. The summed E-state index contributed by atoms with van der Waals surface area (Å²) in [6.07, 6.45) is 0. The van der Waals surface area contributed by atoms with E-state index in [0.29, 0.717) is 5.69 Å². The number of hydrogen-bond donors (Lipinski definition) is 0. The second-order valence-electron chi connectivity index (χ2n) is 3.28. The van der Waals surface area contributed by atoms with Crippen LogP contribution >= 0.6 is 0 Å². The maximum Gasteiger partial charge on any atom is 0.148 e. The summed E-state index contributed by atoms with van der Waals surface area (Å²) in [4.78, 5) is 4.18. The Balaban J connectivity index is 2.90. The largest absolute Gasteiger partial charge is 0.496 e. The first-order valence-electron chi connectivity index (χ1n) is 4.60. The van der Waals surface area contributed by atoms with Crippen LogP contribution in [0.5, 0.6) is 5.75 Å². The number of nitriles is 1. The molecule has 0 aliphatic rings. The van der Waals surface area contributed by atoms with Crippen LogP contribution in [0.25, 0.3) is 10.8 Å². The van der Waals surface area contributed by atoms with Gasteiger partial charge in [-0.2, -0.15) is 5.26 Å². The van der Waals surface area contributed by atoms with Gasteiger partial charge in [-0.1, -0.05) is 12.1 Å². The van der Waals surface area contributed by atoms with Gasteiger partial charge in [0.25, 0.3) is 0 Å². The third kappa shape index (κ3) is 1.50. The highest BCUT2D eigenvalue weighted by atomic mass is 16.5. The summed E-state index contributed by atoms with van der Waals surface area (Å²) in [5.74, 6) is 0.773. The average Bonchev–Trinajstić information content (AvgIpc) is 2.27. The SMILES string of the molecule is COc1cccc2c(C#N)nc(C)cc12. The summed E-state index contributed by atoms with van der Waals surface area (Å²) in [5.41, 5.74) is 1.27. The van der Waals surface area contributed by atoms with E-state index >= 15 is 0 Å². The molecular weight excluding hydrogens is 188 g/mol. The molecule has 74 valence electrons. The Morgan fingerprint density at radius 2 is 2.13 bits per heavy atom. The topological polar surface area (TPSA) is 45.9 Å². The van der Waals surface area contributed by atoms with Gasteiger partial charge in [-0.05, 0) is 19.1 Å². The van der Waals surface area contributed by atoms with Crippen molar-refractivity contribution >= 4 is 10.8 Å². The Bertz CT molecular complexity index is 555. The lowest BCUT2D eigenvalue weighted by atomic mass is 10.1. The van der Waals surface area contributed by atoms with E-state index in [-0.39, 0.29) is 0 Å². The number of hydrogen-bond acceptors (Lipinski definition) is 3. The van der Waals surface area contributed by atoms with Crippen molar-refractivity contribution < 1.29 is 4.74 Å². The second kappa shape index (κ2) is 3.58. The molecule has 15 heavy (non-hydrogen) atoms. The standard InChI is InChI=1S/C12H10N2O/c1-8-6-10-9(11(7-13)14-8)4-3-5-12(10)15-2/h3-6H,1-2H3. The minimum Gasteiger partial charge on any atom is -0.496 e. The summed E-state index contributed by atoms with van der Waals surface area (Å²) < 4.78 is 5.24. The fourth-order valence-corrected chi connectivity index (χ4v) is 1.64. The third-order valence-electron chi connectivity index (χ3n) is 2.29. The molecule has 0 atom stereocenters. The van der Waals surface area contributed by atoms with E-state index in [4.69, 9.17) is 10.00 Å². The highest BCUT2D eigenvalue weighted by molar-refractivity contribution is 5.91. The molecule has 0 bridgehead atoms. The van der Waals surface area contributed by atoms with Crippen LogP contribution in [-0.4, -0.2) is 12.1 Å². The van der Waals surface area contributed by atoms with Gasteiger partial charge in [0.1, 0.15) is 17.5 Å². The van der Waals surface area contributed by atoms with E-state index in [9.17, 15) is 0 Å². The van der Waals surface area contributed by atoms with E-state index in [1.54, 1.807) is 7.11 Å². The van der Waals surface area contributed by atoms with E-state index in [2.05, 4.69) is 11.1 Å². The van der Waals surface area contributed by atoms with Crippen LogP contribution in [-0.2, 0) is 0 Å². The van der Waals surface area contributed by atoms with E-state index in [1.807, 2.05) is 31.2 Å². The summed E-state index contributed by atoms with van der Waals surface area (Å²) in [6.45, 7) is 1.87. The molecule has 0 aliphatic heterocycles. The number of aryl methyl sites for hydroxylation is 1. The first kappa shape index (κ1) is 9.47. The number of rotatable bonds is 1. The van der Waals surface area contributed by atoms with Gasteiger partial charge in [-0.3, -0.25) is 0 Å². The molecule has 0 saturated carbocycles. The molecular formula is C12H10N2O. The number of methoxy groups -OCH3 is 1. The zero-order chi connectivity index (χ0) is 10.8. The minimum atomic E-state index is 0.448. The van der Waals surface area contributed by atoms with Gasteiger partial charge >= 0.3 is 0 Å². The van der Waals surface area contributed by atoms with Crippen LogP contribution in [0.1, 0.15) is 11.4 Å². The maximum atomic E-state index is 8.97. The van der Waals surface area contributed by atoms with Crippen molar-refractivity contribution in [2.75, 3.05) is 7.11 Å². The lowest BCUT2D eigenvalue weighted by molar-refractivity contribution is 0.420. The van der Waals surface area contributed by atoms with Crippen molar-refractivity contribution in [2.24, 2.45) is 0 Å². The number of ether oxygens (including phenoxy) is 1. The molecule has 1 heterocycles. The highest BCUT2D eigenvalue weighted by Gasteiger charge is 2.07. The van der Waals surface area contributed by atoms with Gasteiger partial charge in [0.15, 0.2) is 0 Å². The summed E-state index contributed by atoms with van der Waals surface area (Å²) in [7, 11) is 1.62. The van der Waals surface area contributed by atoms with Crippen LogP contribution in [0.15, 0.2) is 24.3 Å². The molecule has 1 aromatic carbocycles. The molecule has 3 heteroatoms. The lowest BCUT2D eigenvalue weighted by Gasteiger charge is -2.06. The predicted octanol–water partition coefficient (Wildman–Crippen LogP) is 2.42. The number of pyridine rings is 1. The fraction of sp³-hybridized carbons (Fsp3) is 0.167. The molecule has 3 nitrogen and oxygen atoms in total. The molecule has 2 rings (SSSR count).